The van der Waals surface area contributed by atoms with Crippen molar-refractivity contribution in [1.82, 2.24) is 10.6 Å². The Labute approximate surface area is 132 Å². The lowest BCUT2D eigenvalue weighted by Gasteiger charge is -2.17. The molecule has 2 aliphatic rings. The van der Waals surface area contributed by atoms with Crippen LogP contribution in [-0.4, -0.2) is 25.1 Å². The maximum atomic E-state index is 11.8. The second kappa shape index (κ2) is 7.75. The van der Waals surface area contributed by atoms with Gasteiger partial charge in [0.05, 0.1) is 13.2 Å². The minimum absolute atomic E-state index is 0.182. The van der Waals surface area contributed by atoms with Gasteiger partial charge in [0.1, 0.15) is 0 Å². The van der Waals surface area contributed by atoms with E-state index in [1.807, 2.05) is 0 Å². The van der Waals surface area contributed by atoms with Crippen LogP contribution in [0.5, 0.6) is 0 Å². The molecular weight excluding hydrogens is 276 g/mol. The van der Waals surface area contributed by atoms with Crippen LogP contribution in [-0.2, 0) is 29.1 Å². The molecule has 120 valence electrons. The fourth-order valence-corrected chi connectivity index (χ4v) is 3.33. The van der Waals surface area contributed by atoms with E-state index in [4.69, 9.17) is 4.74 Å². The molecule has 0 spiro atoms. The molecule has 0 unspecified atom stereocenters. The van der Waals surface area contributed by atoms with E-state index in [-0.39, 0.29) is 5.91 Å². The van der Waals surface area contributed by atoms with Gasteiger partial charge >= 0.3 is 0 Å². The fourth-order valence-electron chi connectivity index (χ4n) is 3.33. The molecule has 4 heteroatoms. The lowest BCUT2D eigenvalue weighted by atomic mass is 10.0. The van der Waals surface area contributed by atoms with E-state index in [2.05, 4.69) is 28.8 Å². The van der Waals surface area contributed by atoms with Gasteiger partial charge in [-0.05, 0) is 36.0 Å². The van der Waals surface area contributed by atoms with E-state index >= 15 is 0 Å². The minimum Gasteiger partial charge on any atom is -0.376 e. The Balaban J connectivity index is 1.36. The highest BCUT2D eigenvalue weighted by Crippen LogP contribution is 2.18. The van der Waals surface area contributed by atoms with E-state index in [0.29, 0.717) is 12.5 Å². The van der Waals surface area contributed by atoms with Crippen molar-refractivity contribution in [2.45, 2.75) is 57.7 Å². The van der Waals surface area contributed by atoms with Crippen molar-refractivity contribution in [2.24, 2.45) is 0 Å². The first kappa shape index (κ1) is 15.5. The van der Waals surface area contributed by atoms with Crippen LogP contribution in [0.25, 0.3) is 0 Å². The first-order valence-electron chi connectivity index (χ1n) is 8.50. The fraction of sp³-hybridized carbons (Fsp3) is 0.611. The third kappa shape index (κ3) is 4.31. The molecule has 0 aromatic heterocycles. The first-order valence-corrected chi connectivity index (χ1v) is 8.50. The molecule has 1 amide bonds. The molecule has 0 saturated heterocycles. The Kier molecular flexibility index (Phi) is 5.46. The summed E-state index contributed by atoms with van der Waals surface area (Å²) in [6.07, 6.45) is 6.39. The average molecular weight is 302 g/mol. The molecule has 1 saturated carbocycles. The Morgan fingerprint density at radius 3 is 2.95 bits per heavy atom. The summed E-state index contributed by atoms with van der Waals surface area (Å²) < 4.78 is 5.46. The number of ether oxygens (including phenoxy) is 1. The molecular formula is C18H26N2O2. The van der Waals surface area contributed by atoms with Crippen LogP contribution in [0.4, 0.5) is 0 Å². The van der Waals surface area contributed by atoms with Gasteiger partial charge in [-0.2, -0.15) is 0 Å². The Hall–Kier alpha value is -1.39. The summed E-state index contributed by atoms with van der Waals surface area (Å²) in [7, 11) is 0. The molecule has 0 radical (unpaired) electrons. The molecule has 1 aromatic rings. The van der Waals surface area contributed by atoms with Crippen LogP contribution in [0.2, 0.25) is 0 Å². The van der Waals surface area contributed by atoms with Crippen LogP contribution in [0.15, 0.2) is 18.2 Å². The third-order valence-electron chi connectivity index (χ3n) is 4.62. The SMILES string of the molecule is O=C(CCNCc1ccc2c(c1)CCOC2)NC1CCCC1. The summed E-state index contributed by atoms with van der Waals surface area (Å²) >= 11 is 0. The van der Waals surface area contributed by atoms with Gasteiger partial charge in [0.15, 0.2) is 0 Å². The molecule has 0 atom stereocenters. The van der Waals surface area contributed by atoms with Gasteiger partial charge in [0, 0.05) is 25.6 Å². The molecule has 1 fully saturated rings. The highest BCUT2D eigenvalue weighted by atomic mass is 16.5. The van der Waals surface area contributed by atoms with Crippen LogP contribution < -0.4 is 10.6 Å². The Morgan fingerprint density at radius 2 is 2.09 bits per heavy atom. The summed E-state index contributed by atoms with van der Waals surface area (Å²) in [5.41, 5.74) is 4.01. The molecule has 1 heterocycles. The lowest BCUT2D eigenvalue weighted by molar-refractivity contribution is -0.121. The molecule has 3 rings (SSSR count). The van der Waals surface area contributed by atoms with Crippen LogP contribution >= 0.6 is 0 Å². The van der Waals surface area contributed by atoms with Crippen LogP contribution in [0.3, 0.4) is 0 Å². The molecule has 1 aliphatic heterocycles. The average Bonchev–Trinajstić information content (AvgIpc) is 3.04. The minimum atomic E-state index is 0.182. The largest absolute Gasteiger partial charge is 0.376 e. The number of rotatable bonds is 6. The first-order chi connectivity index (χ1) is 10.8. The number of amides is 1. The second-order valence-corrected chi connectivity index (χ2v) is 6.38. The third-order valence-corrected chi connectivity index (χ3v) is 4.62. The Morgan fingerprint density at radius 1 is 1.23 bits per heavy atom. The summed E-state index contributed by atoms with van der Waals surface area (Å²) in [6, 6.07) is 7.01. The number of benzene rings is 1. The van der Waals surface area contributed by atoms with Gasteiger partial charge < -0.3 is 15.4 Å². The Bertz CT molecular complexity index is 510. The van der Waals surface area contributed by atoms with Crippen molar-refractivity contribution < 1.29 is 9.53 Å². The number of nitrogens with one attached hydrogen (secondary N) is 2. The van der Waals surface area contributed by atoms with Crippen molar-refractivity contribution in [3.8, 4) is 0 Å². The van der Waals surface area contributed by atoms with Gasteiger partial charge in [0.25, 0.3) is 0 Å². The molecule has 2 N–H and O–H groups in total. The summed E-state index contributed by atoms with van der Waals surface area (Å²) in [4.78, 5) is 11.8. The lowest BCUT2D eigenvalue weighted by Crippen LogP contribution is -2.34. The summed E-state index contributed by atoms with van der Waals surface area (Å²) in [5, 5.41) is 6.50. The van der Waals surface area contributed by atoms with Gasteiger partial charge in [-0.1, -0.05) is 31.0 Å². The molecule has 22 heavy (non-hydrogen) atoms. The molecule has 1 aliphatic carbocycles. The summed E-state index contributed by atoms with van der Waals surface area (Å²) in [6.45, 7) is 3.12. The normalized spacial score (nSPS) is 18.2. The number of fused-ring (bicyclic) bond motifs is 1. The van der Waals surface area contributed by atoms with Crippen molar-refractivity contribution in [2.75, 3.05) is 13.2 Å². The van der Waals surface area contributed by atoms with E-state index in [9.17, 15) is 4.79 Å². The zero-order chi connectivity index (χ0) is 15.2. The predicted octanol–water partition coefficient (Wildman–Crippen LogP) is 2.30. The van der Waals surface area contributed by atoms with E-state index < -0.39 is 0 Å². The smallest absolute Gasteiger partial charge is 0.221 e. The summed E-state index contributed by atoms with van der Waals surface area (Å²) in [5.74, 6) is 0.182. The number of carbonyl (C=O) groups excluding carboxylic acids is 1. The molecule has 0 bridgehead atoms. The van der Waals surface area contributed by atoms with Crippen molar-refractivity contribution in [1.29, 1.82) is 0 Å². The highest BCUT2D eigenvalue weighted by molar-refractivity contribution is 5.76. The number of carbonyl (C=O) groups is 1. The zero-order valence-electron chi connectivity index (χ0n) is 13.2. The zero-order valence-corrected chi connectivity index (χ0v) is 13.2. The van der Waals surface area contributed by atoms with Crippen molar-refractivity contribution >= 4 is 5.91 Å². The van der Waals surface area contributed by atoms with Crippen LogP contribution in [0, 0.1) is 0 Å². The number of hydrogen-bond donors (Lipinski definition) is 2. The second-order valence-electron chi connectivity index (χ2n) is 6.38. The van der Waals surface area contributed by atoms with Gasteiger partial charge in [-0.3, -0.25) is 4.79 Å². The van der Waals surface area contributed by atoms with E-state index in [0.717, 1.165) is 45.6 Å². The quantitative estimate of drug-likeness (QED) is 0.793. The van der Waals surface area contributed by atoms with Crippen LogP contribution in [0.1, 0.15) is 48.8 Å². The van der Waals surface area contributed by atoms with Crippen molar-refractivity contribution in [3.63, 3.8) is 0 Å². The molecule has 4 nitrogen and oxygen atoms in total. The standard InChI is InChI=1S/C18H26N2O2/c21-18(20-17-3-1-2-4-17)7-9-19-12-14-5-6-16-13-22-10-8-15(16)11-14/h5-6,11,17,19H,1-4,7-10,12-13H2,(H,20,21). The predicted molar refractivity (Wildman–Crippen MR) is 86.5 cm³/mol. The highest BCUT2D eigenvalue weighted by Gasteiger charge is 2.16. The van der Waals surface area contributed by atoms with Crippen molar-refractivity contribution in [3.05, 3.63) is 34.9 Å². The van der Waals surface area contributed by atoms with Gasteiger partial charge in [0.2, 0.25) is 5.91 Å². The number of hydrogen-bond acceptors (Lipinski definition) is 3. The maximum Gasteiger partial charge on any atom is 0.221 e. The maximum absolute atomic E-state index is 11.8. The topological polar surface area (TPSA) is 50.4 Å². The van der Waals surface area contributed by atoms with Gasteiger partial charge in [-0.15, -0.1) is 0 Å². The van der Waals surface area contributed by atoms with E-state index in [1.54, 1.807) is 0 Å². The monoisotopic (exact) mass is 302 g/mol. The molecule has 1 aromatic carbocycles. The van der Waals surface area contributed by atoms with Gasteiger partial charge in [-0.25, -0.2) is 0 Å². The van der Waals surface area contributed by atoms with E-state index in [1.165, 1.54) is 29.5 Å².